The topological polar surface area (TPSA) is 93.6 Å². The fourth-order valence-corrected chi connectivity index (χ4v) is 4.11. The fourth-order valence-electron chi connectivity index (χ4n) is 3.34. The number of anilines is 1. The van der Waals surface area contributed by atoms with E-state index in [2.05, 4.69) is 34.6 Å². The fraction of sp³-hybridized carbons (Fsp3) is 0.318. The molecule has 1 aliphatic heterocycles. The van der Waals surface area contributed by atoms with Gasteiger partial charge in [-0.2, -0.15) is 0 Å². The highest BCUT2D eigenvalue weighted by molar-refractivity contribution is 8.03. The van der Waals surface area contributed by atoms with Gasteiger partial charge in [0.05, 0.1) is 6.61 Å². The largest absolute Gasteiger partial charge is 0.461 e. The Kier molecular flexibility index (Phi) is 7.43. The summed E-state index contributed by atoms with van der Waals surface area (Å²) in [6.45, 7) is 4.28. The number of ether oxygens (including phenoxy) is 1. The van der Waals surface area contributed by atoms with Crippen molar-refractivity contribution in [2.45, 2.75) is 31.1 Å². The third-order valence-corrected chi connectivity index (χ3v) is 5.81. The Balaban J connectivity index is 1.69. The van der Waals surface area contributed by atoms with Crippen LogP contribution in [0.15, 0.2) is 64.2 Å². The Hall–Kier alpha value is -2.64. The molecule has 1 heterocycles. The van der Waals surface area contributed by atoms with Crippen molar-refractivity contribution >= 4 is 23.4 Å². The van der Waals surface area contributed by atoms with E-state index >= 15 is 0 Å². The van der Waals surface area contributed by atoms with Crippen molar-refractivity contribution in [1.82, 2.24) is 5.43 Å². The molecule has 5 N–H and O–H groups in total. The zero-order valence-electron chi connectivity index (χ0n) is 16.7. The van der Waals surface area contributed by atoms with Crippen molar-refractivity contribution in [3.8, 4) is 11.1 Å². The number of hydrogen-bond donors (Lipinski definition) is 3. The van der Waals surface area contributed by atoms with Crippen LogP contribution in [0, 0.1) is 0 Å². The van der Waals surface area contributed by atoms with Gasteiger partial charge in [-0.05, 0) is 61.6 Å². The van der Waals surface area contributed by atoms with Gasteiger partial charge >= 0.3 is 5.97 Å². The lowest BCUT2D eigenvalue weighted by Gasteiger charge is -2.28. The number of nitrogens with two attached hydrogens (primary N) is 2. The second-order valence-corrected chi connectivity index (χ2v) is 7.94. The zero-order chi connectivity index (χ0) is 20.6. The Bertz CT molecular complexity index is 844. The van der Waals surface area contributed by atoms with Crippen molar-refractivity contribution < 1.29 is 9.53 Å². The highest BCUT2D eigenvalue weighted by Crippen LogP contribution is 2.29. The number of nitrogens with one attached hydrogen (secondary N) is 1. The van der Waals surface area contributed by atoms with E-state index in [1.807, 2.05) is 24.3 Å². The van der Waals surface area contributed by atoms with Crippen LogP contribution in [0.2, 0.25) is 0 Å². The van der Waals surface area contributed by atoms with Crippen molar-refractivity contribution in [2.24, 2.45) is 11.6 Å². The van der Waals surface area contributed by atoms with E-state index in [1.165, 1.54) is 42.3 Å². The molecule has 0 aromatic heterocycles. The van der Waals surface area contributed by atoms with Crippen LogP contribution < -0.4 is 21.9 Å². The number of piperidine rings is 1. The molecule has 1 fully saturated rings. The Morgan fingerprint density at radius 2 is 1.62 bits per heavy atom. The summed E-state index contributed by atoms with van der Waals surface area (Å²) in [5.74, 6) is 4.85. The minimum absolute atomic E-state index is 0.0641. The molecule has 0 bridgehead atoms. The van der Waals surface area contributed by atoms with E-state index in [0.717, 1.165) is 23.5 Å². The molecule has 0 saturated carbocycles. The Labute approximate surface area is 176 Å². The summed E-state index contributed by atoms with van der Waals surface area (Å²) < 4.78 is 4.95. The van der Waals surface area contributed by atoms with E-state index in [0.29, 0.717) is 0 Å². The first-order valence-electron chi connectivity index (χ1n) is 9.89. The van der Waals surface area contributed by atoms with Gasteiger partial charge in [-0.25, -0.2) is 4.79 Å². The van der Waals surface area contributed by atoms with E-state index in [-0.39, 0.29) is 17.3 Å². The van der Waals surface area contributed by atoms with E-state index in [9.17, 15) is 4.79 Å². The van der Waals surface area contributed by atoms with Crippen molar-refractivity contribution in [3.05, 3.63) is 59.3 Å². The number of hydrazine groups is 1. The second kappa shape index (κ2) is 10.2. The normalized spacial score (nSPS) is 14.9. The Morgan fingerprint density at radius 3 is 2.17 bits per heavy atom. The van der Waals surface area contributed by atoms with Crippen LogP contribution in [-0.4, -0.2) is 25.7 Å². The number of nitrogens with zero attached hydrogens (tertiary/aromatic N) is 1. The maximum atomic E-state index is 11.9. The lowest BCUT2D eigenvalue weighted by atomic mass is 10.0. The number of carbonyl (C=O) groups excluding carboxylic acids is 1. The maximum Gasteiger partial charge on any atom is 0.358 e. The Morgan fingerprint density at radius 1 is 1.03 bits per heavy atom. The molecule has 0 unspecified atom stereocenters. The van der Waals surface area contributed by atoms with Gasteiger partial charge in [0.15, 0.2) is 5.70 Å². The third-order valence-electron chi connectivity index (χ3n) is 4.87. The summed E-state index contributed by atoms with van der Waals surface area (Å²) in [5, 5.41) is 0.268. The predicted molar refractivity (Wildman–Crippen MR) is 119 cm³/mol. The van der Waals surface area contributed by atoms with Gasteiger partial charge < -0.3 is 20.8 Å². The molecule has 154 valence electrons. The number of thioether (sulfide) groups is 1. The number of benzene rings is 2. The minimum atomic E-state index is -0.564. The van der Waals surface area contributed by atoms with Crippen LogP contribution in [0.4, 0.5) is 5.69 Å². The van der Waals surface area contributed by atoms with Crippen LogP contribution in [0.5, 0.6) is 0 Å². The molecule has 1 aliphatic rings. The molecule has 0 aliphatic carbocycles. The molecule has 0 spiro atoms. The summed E-state index contributed by atoms with van der Waals surface area (Å²) in [6, 6.07) is 16.8. The molecule has 0 amide bonds. The number of esters is 1. The van der Waals surface area contributed by atoms with Crippen LogP contribution in [-0.2, 0) is 9.53 Å². The molecular weight excluding hydrogens is 384 g/mol. The smallest absolute Gasteiger partial charge is 0.358 e. The summed E-state index contributed by atoms with van der Waals surface area (Å²) in [4.78, 5) is 15.2. The zero-order valence-corrected chi connectivity index (χ0v) is 17.5. The summed E-state index contributed by atoms with van der Waals surface area (Å²) >= 11 is 1.26. The summed E-state index contributed by atoms with van der Waals surface area (Å²) in [5.41, 5.74) is 12.0. The summed E-state index contributed by atoms with van der Waals surface area (Å²) in [6.07, 6.45) is 3.88. The van der Waals surface area contributed by atoms with Gasteiger partial charge in [0.2, 0.25) is 0 Å². The first kappa shape index (κ1) is 21.1. The number of hydrogen-bond acceptors (Lipinski definition) is 7. The molecule has 0 radical (unpaired) electrons. The molecule has 7 heteroatoms. The lowest BCUT2D eigenvalue weighted by Crippen LogP contribution is -2.30. The molecule has 3 rings (SSSR count). The first-order valence-corrected chi connectivity index (χ1v) is 10.7. The van der Waals surface area contributed by atoms with E-state index in [4.69, 9.17) is 16.3 Å². The van der Waals surface area contributed by atoms with Crippen LogP contribution in [0.25, 0.3) is 11.1 Å². The van der Waals surface area contributed by atoms with Crippen LogP contribution in [0.3, 0.4) is 0 Å². The van der Waals surface area contributed by atoms with Crippen molar-refractivity contribution in [3.63, 3.8) is 0 Å². The molecule has 6 nitrogen and oxygen atoms in total. The molecular formula is C22H28N4O2S. The van der Waals surface area contributed by atoms with Gasteiger partial charge in [-0.15, -0.1) is 0 Å². The van der Waals surface area contributed by atoms with Crippen LogP contribution >= 0.6 is 11.8 Å². The highest BCUT2D eigenvalue weighted by Gasteiger charge is 2.15. The van der Waals surface area contributed by atoms with Gasteiger partial charge in [0.25, 0.3) is 0 Å². The van der Waals surface area contributed by atoms with Gasteiger partial charge in [-0.3, -0.25) is 5.84 Å². The number of rotatable bonds is 7. The third kappa shape index (κ3) is 5.46. The monoisotopic (exact) mass is 412 g/mol. The van der Waals surface area contributed by atoms with Crippen molar-refractivity contribution in [2.75, 3.05) is 24.6 Å². The van der Waals surface area contributed by atoms with E-state index in [1.54, 1.807) is 6.92 Å². The number of carbonyl (C=O) groups is 1. The van der Waals surface area contributed by atoms with Gasteiger partial charge in [0.1, 0.15) is 5.03 Å². The molecule has 2 aromatic carbocycles. The quantitative estimate of drug-likeness (QED) is 0.210. The SMILES string of the molecule is CCOC(=O)/C(NN)=C(/N)Sc1ccc(-c2ccc(N3CCCCC3)cc2)cc1. The molecule has 1 saturated heterocycles. The van der Waals surface area contributed by atoms with Crippen LogP contribution in [0.1, 0.15) is 26.2 Å². The van der Waals surface area contributed by atoms with Crippen molar-refractivity contribution in [1.29, 1.82) is 0 Å². The first-order chi connectivity index (χ1) is 14.1. The molecule has 2 aromatic rings. The van der Waals surface area contributed by atoms with Gasteiger partial charge in [0, 0.05) is 23.7 Å². The van der Waals surface area contributed by atoms with Gasteiger partial charge in [-0.1, -0.05) is 36.0 Å². The summed E-state index contributed by atoms with van der Waals surface area (Å²) in [7, 11) is 0. The maximum absolute atomic E-state index is 11.9. The van der Waals surface area contributed by atoms with E-state index < -0.39 is 5.97 Å². The highest BCUT2D eigenvalue weighted by atomic mass is 32.2. The molecule has 0 atom stereocenters. The second-order valence-electron chi connectivity index (χ2n) is 6.83. The average Bonchev–Trinajstić information content (AvgIpc) is 2.76. The standard InChI is InChI=1S/C22H28N4O2S/c1-2-28-22(27)20(25-24)21(23)29-19-12-8-17(9-13-19)16-6-10-18(11-7-16)26-14-4-3-5-15-26/h6-13,25H,2-5,14-15,23-24H2,1H3/b21-20+. The lowest BCUT2D eigenvalue weighted by molar-refractivity contribution is -0.139. The molecule has 29 heavy (non-hydrogen) atoms. The average molecular weight is 413 g/mol. The predicted octanol–water partition coefficient (Wildman–Crippen LogP) is 3.59. The minimum Gasteiger partial charge on any atom is -0.461 e.